The lowest BCUT2D eigenvalue weighted by atomic mass is 9.92. The number of aromatic nitrogens is 4. The number of benzene rings is 1. The highest BCUT2D eigenvalue weighted by atomic mass is 15.2. The first kappa shape index (κ1) is 19.4. The number of nitrogens with two attached hydrogens (primary N) is 2. The van der Waals surface area contributed by atoms with Gasteiger partial charge in [-0.2, -0.15) is 9.97 Å². The Morgan fingerprint density at radius 1 is 1.17 bits per heavy atom. The van der Waals surface area contributed by atoms with Gasteiger partial charge in [-0.3, -0.25) is 0 Å². The second-order valence-electron chi connectivity index (χ2n) is 7.91. The van der Waals surface area contributed by atoms with Crippen LogP contribution in [0, 0.1) is 6.92 Å². The van der Waals surface area contributed by atoms with Crippen LogP contribution in [-0.2, 0) is 13.1 Å². The van der Waals surface area contributed by atoms with Crippen molar-refractivity contribution in [2.75, 3.05) is 16.4 Å². The average Bonchev–Trinajstić information content (AvgIpc) is 3.12. The second kappa shape index (κ2) is 8.24. The van der Waals surface area contributed by atoms with Crippen LogP contribution in [0.15, 0.2) is 24.5 Å². The number of imidazole rings is 1. The average molecular weight is 395 g/mol. The van der Waals surface area contributed by atoms with Gasteiger partial charge in [0.2, 0.25) is 5.95 Å². The first-order valence-corrected chi connectivity index (χ1v) is 10.4. The van der Waals surface area contributed by atoms with Crippen LogP contribution in [0.5, 0.6) is 0 Å². The largest absolute Gasteiger partial charge is 0.398 e. The summed E-state index contributed by atoms with van der Waals surface area (Å²) < 4.78 is 2.03. The van der Waals surface area contributed by atoms with Crippen molar-refractivity contribution in [2.24, 2.45) is 5.73 Å². The van der Waals surface area contributed by atoms with E-state index in [2.05, 4.69) is 28.6 Å². The molecule has 1 aliphatic carbocycles. The van der Waals surface area contributed by atoms with Crippen molar-refractivity contribution >= 4 is 28.6 Å². The van der Waals surface area contributed by atoms with E-state index in [9.17, 15) is 0 Å². The highest BCUT2D eigenvalue weighted by Gasteiger charge is 2.20. The van der Waals surface area contributed by atoms with E-state index in [0.717, 1.165) is 66.0 Å². The minimum Gasteiger partial charge on any atom is -0.398 e. The number of nitrogens with zero attached hydrogens (tertiary/aromatic N) is 4. The number of nitrogens with one attached hydrogen (secondary N) is 2. The third kappa shape index (κ3) is 4.27. The van der Waals surface area contributed by atoms with Crippen molar-refractivity contribution in [1.82, 2.24) is 19.5 Å². The molecule has 2 aromatic heterocycles. The van der Waals surface area contributed by atoms with Crippen LogP contribution in [-0.4, -0.2) is 31.6 Å². The molecule has 8 nitrogen and oxygen atoms in total. The maximum atomic E-state index is 6.17. The smallest absolute Gasteiger partial charge is 0.227 e. The number of nitrogen functional groups attached to an aromatic ring is 1. The highest BCUT2D eigenvalue weighted by Crippen LogP contribution is 2.25. The molecule has 0 radical (unpaired) electrons. The molecule has 29 heavy (non-hydrogen) atoms. The number of aryl methyl sites for hydroxylation is 2. The Bertz CT molecular complexity index is 988. The Labute approximate surface area is 171 Å². The zero-order valence-corrected chi connectivity index (χ0v) is 17.2. The van der Waals surface area contributed by atoms with Gasteiger partial charge in [0.1, 0.15) is 0 Å². The quantitative estimate of drug-likeness (QED) is 0.474. The lowest BCUT2D eigenvalue weighted by Crippen LogP contribution is -2.33. The molecule has 0 amide bonds. The number of fused-ring (bicyclic) bond motifs is 1. The molecule has 0 atom stereocenters. The fraction of sp³-hybridized carbons (Fsp3) is 0.476. The molecule has 2 heterocycles. The van der Waals surface area contributed by atoms with E-state index in [-0.39, 0.29) is 0 Å². The van der Waals surface area contributed by atoms with Gasteiger partial charge in [-0.1, -0.05) is 12.1 Å². The summed E-state index contributed by atoms with van der Waals surface area (Å²) in [6.07, 6.45) is 5.96. The molecule has 154 valence electrons. The normalized spacial score (nSPS) is 19.4. The van der Waals surface area contributed by atoms with Crippen LogP contribution in [0.1, 0.15) is 43.7 Å². The van der Waals surface area contributed by atoms with Gasteiger partial charge in [-0.25, -0.2) is 4.98 Å². The van der Waals surface area contributed by atoms with Crippen molar-refractivity contribution in [2.45, 2.75) is 64.7 Å². The van der Waals surface area contributed by atoms with Crippen molar-refractivity contribution < 1.29 is 0 Å². The Hall–Kier alpha value is -2.87. The molecule has 1 fully saturated rings. The summed E-state index contributed by atoms with van der Waals surface area (Å²) in [6, 6.07) is 6.76. The summed E-state index contributed by atoms with van der Waals surface area (Å²) in [5.74, 6) is 1.35. The third-order valence-corrected chi connectivity index (χ3v) is 5.66. The standard InChI is InChI=1S/C21H30N8/c1-3-29-12-25-18-19(24-11-14-5-4-13(2)10-17(14)23)27-21(28-20(18)29)26-16-8-6-15(22)7-9-16/h4-5,10,12,15-16H,3,6-9,11,22-23H2,1-2H3,(H2,24,26,27,28). The second-order valence-corrected chi connectivity index (χ2v) is 7.91. The fourth-order valence-electron chi connectivity index (χ4n) is 3.86. The van der Waals surface area contributed by atoms with E-state index in [1.54, 1.807) is 0 Å². The Morgan fingerprint density at radius 3 is 2.69 bits per heavy atom. The van der Waals surface area contributed by atoms with Gasteiger partial charge < -0.3 is 26.7 Å². The van der Waals surface area contributed by atoms with Gasteiger partial charge in [0, 0.05) is 30.9 Å². The first-order chi connectivity index (χ1) is 14.0. The van der Waals surface area contributed by atoms with E-state index >= 15 is 0 Å². The molecule has 1 aliphatic rings. The van der Waals surface area contributed by atoms with Gasteiger partial charge in [0.15, 0.2) is 17.0 Å². The van der Waals surface area contributed by atoms with Crippen LogP contribution in [0.2, 0.25) is 0 Å². The van der Waals surface area contributed by atoms with Crippen LogP contribution >= 0.6 is 0 Å². The number of anilines is 3. The molecular formula is C21H30N8. The topological polar surface area (TPSA) is 120 Å². The molecule has 0 bridgehead atoms. The van der Waals surface area contributed by atoms with E-state index < -0.39 is 0 Å². The zero-order chi connectivity index (χ0) is 20.4. The third-order valence-electron chi connectivity index (χ3n) is 5.66. The molecule has 8 heteroatoms. The van der Waals surface area contributed by atoms with Gasteiger partial charge in [0.25, 0.3) is 0 Å². The monoisotopic (exact) mass is 394 g/mol. The van der Waals surface area contributed by atoms with Gasteiger partial charge in [-0.15, -0.1) is 0 Å². The number of hydrogen-bond donors (Lipinski definition) is 4. The Kier molecular flexibility index (Phi) is 5.53. The molecule has 4 rings (SSSR count). The van der Waals surface area contributed by atoms with Crippen LogP contribution in [0.3, 0.4) is 0 Å². The summed E-state index contributed by atoms with van der Waals surface area (Å²) >= 11 is 0. The van der Waals surface area contributed by atoms with E-state index in [4.69, 9.17) is 21.4 Å². The Morgan fingerprint density at radius 2 is 1.97 bits per heavy atom. The Balaban J connectivity index is 1.60. The predicted octanol–water partition coefficient (Wildman–Crippen LogP) is 3.03. The minimum absolute atomic E-state index is 0.315. The lowest BCUT2D eigenvalue weighted by molar-refractivity contribution is 0.410. The molecule has 0 saturated heterocycles. The van der Waals surface area contributed by atoms with Crippen LogP contribution in [0.4, 0.5) is 17.5 Å². The van der Waals surface area contributed by atoms with Crippen molar-refractivity contribution in [3.63, 3.8) is 0 Å². The number of hydrogen-bond acceptors (Lipinski definition) is 7. The maximum Gasteiger partial charge on any atom is 0.227 e. The maximum absolute atomic E-state index is 6.17. The lowest BCUT2D eigenvalue weighted by Gasteiger charge is -2.26. The van der Waals surface area contributed by atoms with Crippen molar-refractivity contribution in [1.29, 1.82) is 0 Å². The summed E-state index contributed by atoms with van der Waals surface area (Å²) in [4.78, 5) is 14.0. The van der Waals surface area contributed by atoms with Gasteiger partial charge in [0.05, 0.1) is 6.33 Å². The molecular weight excluding hydrogens is 364 g/mol. The van der Waals surface area contributed by atoms with E-state index in [0.29, 0.717) is 24.6 Å². The summed E-state index contributed by atoms with van der Waals surface area (Å²) in [5.41, 5.74) is 16.8. The predicted molar refractivity (Wildman–Crippen MR) is 118 cm³/mol. The molecule has 0 unspecified atom stereocenters. The molecule has 6 N–H and O–H groups in total. The number of rotatable bonds is 6. The minimum atomic E-state index is 0.315. The van der Waals surface area contributed by atoms with Crippen molar-refractivity contribution in [3.05, 3.63) is 35.7 Å². The first-order valence-electron chi connectivity index (χ1n) is 10.4. The van der Waals surface area contributed by atoms with E-state index in [1.165, 1.54) is 0 Å². The fourth-order valence-corrected chi connectivity index (χ4v) is 3.86. The van der Waals surface area contributed by atoms with Crippen LogP contribution < -0.4 is 22.1 Å². The molecule has 1 saturated carbocycles. The SMILES string of the molecule is CCn1cnc2c(NCc3ccc(C)cc3N)nc(NC3CCC(N)CC3)nc21. The van der Waals surface area contributed by atoms with Crippen LogP contribution in [0.25, 0.3) is 11.2 Å². The molecule has 1 aromatic carbocycles. The van der Waals surface area contributed by atoms with Gasteiger partial charge in [-0.05, 0) is 56.7 Å². The zero-order valence-electron chi connectivity index (χ0n) is 17.2. The summed E-state index contributed by atoms with van der Waals surface area (Å²) in [5, 5.41) is 6.93. The summed E-state index contributed by atoms with van der Waals surface area (Å²) in [7, 11) is 0. The summed E-state index contributed by atoms with van der Waals surface area (Å²) in [6.45, 7) is 5.50. The van der Waals surface area contributed by atoms with Crippen molar-refractivity contribution in [3.8, 4) is 0 Å². The van der Waals surface area contributed by atoms with Gasteiger partial charge >= 0.3 is 0 Å². The van der Waals surface area contributed by atoms with E-state index in [1.807, 2.05) is 30.0 Å². The molecule has 3 aromatic rings. The highest BCUT2D eigenvalue weighted by molar-refractivity contribution is 5.84. The molecule has 0 spiro atoms. The molecule has 0 aliphatic heterocycles.